The molecule has 0 unspecified atom stereocenters. The van der Waals surface area contributed by atoms with Crippen molar-refractivity contribution in [3.63, 3.8) is 0 Å². The third-order valence-electron chi connectivity index (χ3n) is 12.9. The molecule has 9 nitrogen and oxygen atoms in total. The van der Waals surface area contributed by atoms with Crippen LogP contribution >= 0.6 is 15.9 Å². The fraction of sp³-hybridized carbons (Fsp3) is 0.0312. The molecule has 0 aliphatic heterocycles. The molecule has 0 saturated carbocycles. The summed E-state index contributed by atoms with van der Waals surface area (Å²) < 4.78 is 7.45. The van der Waals surface area contributed by atoms with Gasteiger partial charge in [0, 0.05) is 55.8 Å². The molecular formula is C64H48BrN9. The van der Waals surface area contributed by atoms with Gasteiger partial charge < -0.3 is 4.57 Å². The molecule has 10 heteroatoms. The van der Waals surface area contributed by atoms with E-state index in [1.807, 2.05) is 114 Å². The van der Waals surface area contributed by atoms with Crippen molar-refractivity contribution in [1.82, 2.24) is 44.1 Å². The van der Waals surface area contributed by atoms with Gasteiger partial charge in [0.05, 0.1) is 11.0 Å². The van der Waals surface area contributed by atoms with Crippen molar-refractivity contribution >= 4 is 37.7 Å². The highest BCUT2D eigenvalue weighted by molar-refractivity contribution is 9.10. The van der Waals surface area contributed by atoms with Crippen LogP contribution in [0, 0.1) is 0 Å². The lowest BCUT2D eigenvalue weighted by Crippen LogP contribution is -2.01. The van der Waals surface area contributed by atoms with Crippen LogP contribution in [0.15, 0.2) is 260 Å². The predicted octanol–water partition coefficient (Wildman–Crippen LogP) is 15.7. The summed E-state index contributed by atoms with van der Waals surface area (Å²) in [5.41, 5.74) is 14.8. The summed E-state index contributed by atoms with van der Waals surface area (Å²) in [5, 5.41) is 20.5. The van der Waals surface area contributed by atoms with E-state index < -0.39 is 0 Å². The van der Waals surface area contributed by atoms with Crippen molar-refractivity contribution in [3.05, 3.63) is 271 Å². The average Bonchev–Trinajstić information content (AvgIpc) is 4.28. The minimum absolute atomic E-state index is 0. The van der Waals surface area contributed by atoms with Crippen LogP contribution in [0.3, 0.4) is 0 Å². The third kappa shape index (κ3) is 9.22. The molecular weight excluding hydrogens is 975 g/mol. The van der Waals surface area contributed by atoms with Gasteiger partial charge in [-0.2, -0.15) is 0 Å². The first-order valence-electron chi connectivity index (χ1n) is 24.0. The zero-order chi connectivity index (χ0) is 48.9. The fourth-order valence-corrected chi connectivity index (χ4v) is 9.81. The molecule has 0 saturated heterocycles. The summed E-state index contributed by atoms with van der Waals surface area (Å²) in [7, 11) is 0. The van der Waals surface area contributed by atoms with E-state index in [9.17, 15) is 0 Å². The van der Waals surface area contributed by atoms with Crippen molar-refractivity contribution in [3.8, 4) is 74.0 Å². The van der Waals surface area contributed by atoms with E-state index in [1.54, 1.807) is 12.4 Å². The van der Waals surface area contributed by atoms with E-state index in [1.165, 1.54) is 44.1 Å². The van der Waals surface area contributed by atoms with Crippen LogP contribution < -0.4 is 0 Å². The third-order valence-corrected chi connectivity index (χ3v) is 13.4. The van der Waals surface area contributed by atoms with E-state index in [-0.39, 0.29) is 7.43 Å². The van der Waals surface area contributed by atoms with Crippen LogP contribution in [-0.4, -0.2) is 44.1 Å². The molecule has 1 aliphatic rings. The van der Waals surface area contributed by atoms with Gasteiger partial charge in [-0.05, 0) is 126 Å². The monoisotopic (exact) mass is 1020 g/mol. The maximum atomic E-state index is 4.60. The Hall–Kier alpha value is -9.38. The molecule has 356 valence electrons. The number of rotatable bonds is 7. The standard InChI is InChI=1S/C31H21N5.C19H13BrN4.C13H10.CH4/c1-2-10-23(11-3-1)36-30(33-34-31(36)27-14-8-9-21-32-27)22-17-19-24(20-18-22)35-28-15-6-4-12-25(28)26-13-5-7-16-29(26)35;20-15-11-9-14(10-12-15)18-22-23-19(17-8-4-5-13-21-17)24(18)16-6-2-1-3-7-16;1-3-7-12-10(5-1)9-11-6-2-4-8-13(11)12;/h1-21H;1-13H;1-8H,9H2;1H4. The summed E-state index contributed by atoms with van der Waals surface area (Å²) in [6.07, 6.45) is 4.64. The Labute approximate surface area is 437 Å². The Morgan fingerprint density at radius 3 is 1.16 bits per heavy atom. The largest absolute Gasteiger partial charge is 0.309 e. The highest BCUT2D eigenvalue weighted by Gasteiger charge is 2.21. The molecule has 0 N–H and O–H groups in total. The Kier molecular flexibility index (Phi) is 13.4. The lowest BCUT2D eigenvalue weighted by molar-refractivity contribution is 1.06. The highest BCUT2D eigenvalue weighted by Crippen LogP contribution is 2.37. The number of halogens is 1. The van der Waals surface area contributed by atoms with Crippen molar-refractivity contribution in [2.75, 3.05) is 0 Å². The van der Waals surface area contributed by atoms with Crippen LogP contribution in [-0.2, 0) is 6.42 Å². The molecule has 0 radical (unpaired) electrons. The topological polar surface area (TPSA) is 92.1 Å². The van der Waals surface area contributed by atoms with Crippen molar-refractivity contribution in [2.45, 2.75) is 13.8 Å². The number of hydrogen-bond acceptors (Lipinski definition) is 6. The highest BCUT2D eigenvalue weighted by atomic mass is 79.9. The minimum atomic E-state index is 0. The van der Waals surface area contributed by atoms with Crippen LogP contribution in [0.1, 0.15) is 18.6 Å². The first-order chi connectivity index (χ1) is 36.2. The fourth-order valence-electron chi connectivity index (χ4n) is 9.55. The van der Waals surface area contributed by atoms with E-state index in [2.05, 4.69) is 189 Å². The molecule has 0 atom stereocenters. The first-order valence-corrected chi connectivity index (χ1v) is 24.8. The van der Waals surface area contributed by atoms with Crippen LogP contribution in [0.4, 0.5) is 0 Å². The Morgan fingerprint density at radius 1 is 0.324 bits per heavy atom. The number of benzene rings is 8. The van der Waals surface area contributed by atoms with Crippen LogP contribution in [0.25, 0.3) is 95.8 Å². The Bertz CT molecular complexity index is 3890. The molecule has 5 heterocycles. The summed E-state index contributed by atoms with van der Waals surface area (Å²) >= 11 is 3.47. The molecule has 0 fully saturated rings. The summed E-state index contributed by atoms with van der Waals surface area (Å²) in [5.74, 6) is 2.99. The molecule has 5 aromatic heterocycles. The predicted molar refractivity (Wildman–Crippen MR) is 304 cm³/mol. The number of nitrogens with zero attached hydrogens (tertiary/aromatic N) is 9. The van der Waals surface area contributed by atoms with Gasteiger partial charge in [0.15, 0.2) is 23.3 Å². The van der Waals surface area contributed by atoms with E-state index in [0.29, 0.717) is 5.82 Å². The van der Waals surface area contributed by atoms with Crippen molar-refractivity contribution < 1.29 is 0 Å². The maximum Gasteiger partial charge on any atom is 0.187 e. The van der Waals surface area contributed by atoms with Gasteiger partial charge in [0.2, 0.25) is 0 Å². The van der Waals surface area contributed by atoms with Crippen LogP contribution in [0.5, 0.6) is 0 Å². The van der Waals surface area contributed by atoms with E-state index in [4.69, 9.17) is 0 Å². The zero-order valence-electron chi connectivity index (χ0n) is 39.4. The van der Waals surface area contributed by atoms with Gasteiger partial charge in [0.25, 0.3) is 0 Å². The lowest BCUT2D eigenvalue weighted by Gasteiger charge is -2.12. The first kappa shape index (κ1) is 47.0. The SMILES string of the molecule is Brc1ccc(-c2nnc(-c3ccccn3)n2-c2ccccc2)cc1.C.c1ccc(-n2c(-c3ccc(-n4c5ccccc5c5ccccc54)cc3)nnc2-c2ccccn2)cc1.c1ccc2c(c1)Cc1ccccc1-2. The number of fused-ring (bicyclic) bond motifs is 6. The molecule has 74 heavy (non-hydrogen) atoms. The molecule has 8 aromatic carbocycles. The summed E-state index contributed by atoms with van der Waals surface area (Å²) in [6.45, 7) is 0. The normalized spacial score (nSPS) is 11.1. The van der Waals surface area contributed by atoms with Gasteiger partial charge >= 0.3 is 0 Å². The average molecular weight is 1020 g/mol. The molecule has 1 aliphatic carbocycles. The molecule has 0 spiro atoms. The number of hydrogen-bond donors (Lipinski definition) is 0. The van der Waals surface area contributed by atoms with Gasteiger partial charge in [-0.15, -0.1) is 20.4 Å². The van der Waals surface area contributed by atoms with Gasteiger partial charge in [-0.1, -0.05) is 169 Å². The van der Waals surface area contributed by atoms with Crippen LogP contribution in [0.2, 0.25) is 0 Å². The molecule has 14 rings (SSSR count). The smallest absolute Gasteiger partial charge is 0.187 e. The van der Waals surface area contributed by atoms with Gasteiger partial charge in [-0.3, -0.25) is 19.1 Å². The zero-order valence-corrected chi connectivity index (χ0v) is 40.9. The van der Waals surface area contributed by atoms with Gasteiger partial charge in [0.1, 0.15) is 11.4 Å². The number of pyridine rings is 2. The number of para-hydroxylation sites is 4. The molecule has 0 bridgehead atoms. The maximum absolute atomic E-state index is 4.60. The van der Waals surface area contributed by atoms with E-state index in [0.717, 1.165) is 67.9 Å². The second kappa shape index (κ2) is 21.1. The number of aromatic nitrogens is 9. The summed E-state index contributed by atoms with van der Waals surface area (Å²) in [6, 6.07) is 82.8. The van der Waals surface area contributed by atoms with Crippen molar-refractivity contribution in [1.29, 1.82) is 0 Å². The van der Waals surface area contributed by atoms with E-state index >= 15 is 0 Å². The van der Waals surface area contributed by atoms with Crippen molar-refractivity contribution in [2.24, 2.45) is 0 Å². The molecule has 0 amide bonds. The lowest BCUT2D eigenvalue weighted by atomic mass is 10.1. The Morgan fingerprint density at radius 2 is 0.703 bits per heavy atom. The quantitative estimate of drug-likeness (QED) is 0.158. The second-order valence-corrected chi connectivity index (χ2v) is 18.3. The Balaban J connectivity index is 0.000000132. The molecule has 13 aromatic rings. The summed E-state index contributed by atoms with van der Waals surface area (Å²) in [4.78, 5) is 8.95. The van der Waals surface area contributed by atoms with Gasteiger partial charge in [-0.25, -0.2) is 0 Å². The second-order valence-electron chi connectivity index (χ2n) is 17.4. The minimum Gasteiger partial charge on any atom is -0.309 e.